The van der Waals surface area contributed by atoms with Crippen LogP contribution in [0.3, 0.4) is 0 Å². The molecule has 0 saturated carbocycles. The molecule has 0 spiro atoms. The van der Waals surface area contributed by atoms with Crippen molar-refractivity contribution in [2.45, 2.75) is 26.1 Å². The highest BCUT2D eigenvalue weighted by Gasteiger charge is 1.95. The fourth-order valence-electron chi connectivity index (χ4n) is 0.304. The SMILES string of the molecule is CC(C)OCC(N)N. The number of rotatable bonds is 3. The van der Waals surface area contributed by atoms with Crippen LogP contribution < -0.4 is 11.5 Å². The van der Waals surface area contributed by atoms with Gasteiger partial charge >= 0.3 is 0 Å². The molecule has 4 N–H and O–H groups in total. The Bertz CT molecular complexity index is 46.4. The molecule has 3 nitrogen and oxygen atoms in total. The smallest absolute Gasteiger partial charge is 0.0762 e. The summed E-state index contributed by atoms with van der Waals surface area (Å²) in [5, 5.41) is 0. The Morgan fingerprint density at radius 1 is 1.38 bits per heavy atom. The van der Waals surface area contributed by atoms with E-state index in [4.69, 9.17) is 16.2 Å². The monoisotopic (exact) mass is 118 g/mol. The maximum Gasteiger partial charge on any atom is 0.0762 e. The van der Waals surface area contributed by atoms with Crippen LogP contribution in [0.4, 0.5) is 0 Å². The van der Waals surface area contributed by atoms with Crippen LogP contribution in [0, 0.1) is 0 Å². The molecule has 0 aromatic heterocycles. The van der Waals surface area contributed by atoms with Crippen molar-refractivity contribution in [3.63, 3.8) is 0 Å². The van der Waals surface area contributed by atoms with Gasteiger partial charge in [0.15, 0.2) is 0 Å². The Kier molecular flexibility index (Phi) is 3.77. The Balaban J connectivity index is 2.93. The van der Waals surface area contributed by atoms with Gasteiger partial charge in [-0.1, -0.05) is 0 Å². The van der Waals surface area contributed by atoms with Gasteiger partial charge in [-0.2, -0.15) is 0 Å². The van der Waals surface area contributed by atoms with Crippen molar-refractivity contribution in [1.29, 1.82) is 0 Å². The molecule has 8 heavy (non-hydrogen) atoms. The summed E-state index contributed by atoms with van der Waals surface area (Å²) < 4.78 is 5.05. The molecular weight excluding hydrogens is 104 g/mol. The third-order valence-corrected chi connectivity index (χ3v) is 0.622. The summed E-state index contributed by atoms with van der Waals surface area (Å²) in [5.41, 5.74) is 10.4. The summed E-state index contributed by atoms with van der Waals surface area (Å²) >= 11 is 0. The zero-order valence-electron chi connectivity index (χ0n) is 5.42. The van der Waals surface area contributed by atoms with Gasteiger partial charge in [-0.15, -0.1) is 0 Å². The molecule has 0 radical (unpaired) electrons. The average Bonchev–Trinajstić information content (AvgIpc) is 1.61. The quantitative estimate of drug-likeness (QED) is 0.498. The minimum Gasteiger partial charge on any atom is -0.376 e. The van der Waals surface area contributed by atoms with Gasteiger partial charge in [0.2, 0.25) is 0 Å². The summed E-state index contributed by atoms with van der Waals surface area (Å²) in [6.07, 6.45) is -0.109. The van der Waals surface area contributed by atoms with Crippen molar-refractivity contribution in [3.05, 3.63) is 0 Å². The third-order valence-electron chi connectivity index (χ3n) is 0.622. The molecule has 0 atom stereocenters. The molecule has 0 unspecified atom stereocenters. The fraction of sp³-hybridized carbons (Fsp3) is 1.00. The Hall–Kier alpha value is -0.120. The Morgan fingerprint density at radius 2 is 1.88 bits per heavy atom. The summed E-state index contributed by atoms with van der Waals surface area (Å²) in [4.78, 5) is 0. The lowest BCUT2D eigenvalue weighted by atomic mass is 10.5. The molecule has 0 saturated heterocycles. The highest BCUT2D eigenvalue weighted by atomic mass is 16.5. The molecule has 50 valence electrons. The molecule has 0 amide bonds. The minimum absolute atomic E-state index is 0.226. The lowest BCUT2D eigenvalue weighted by Gasteiger charge is -2.08. The molecule has 0 rings (SSSR count). The average molecular weight is 118 g/mol. The van der Waals surface area contributed by atoms with Crippen LogP contribution in [0.2, 0.25) is 0 Å². The van der Waals surface area contributed by atoms with Gasteiger partial charge in [-0.3, -0.25) is 0 Å². The van der Waals surface area contributed by atoms with E-state index in [1.807, 2.05) is 13.8 Å². The van der Waals surface area contributed by atoms with E-state index in [0.29, 0.717) is 6.61 Å². The first-order valence-electron chi connectivity index (χ1n) is 2.75. The molecular formula is C5H14N2O. The second kappa shape index (κ2) is 3.83. The highest BCUT2D eigenvalue weighted by Crippen LogP contribution is 1.85. The van der Waals surface area contributed by atoms with Crippen LogP contribution in [0.25, 0.3) is 0 Å². The van der Waals surface area contributed by atoms with Gasteiger partial charge in [0.1, 0.15) is 0 Å². The summed E-state index contributed by atoms with van der Waals surface area (Å²) in [6.45, 7) is 4.34. The van der Waals surface area contributed by atoms with Gasteiger partial charge in [0.25, 0.3) is 0 Å². The first-order chi connectivity index (χ1) is 3.63. The summed E-state index contributed by atoms with van der Waals surface area (Å²) in [6, 6.07) is 0. The third kappa shape index (κ3) is 5.88. The van der Waals surface area contributed by atoms with Gasteiger partial charge < -0.3 is 16.2 Å². The molecule has 0 aromatic rings. The number of ether oxygens (including phenoxy) is 1. The van der Waals surface area contributed by atoms with Gasteiger partial charge in [-0.05, 0) is 13.8 Å². The number of hydrogen-bond acceptors (Lipinski definition) is 3. The molecule has 0 bridgehead atoms. The lowest BCUT2D eigenvalue weighted by molar-refractivity contribution is 0.0694. The van der Waals surface area contributed by atoms with Gasteiger partial charge in [0, 0.05) is 0 Å². The van der Waals surface area contributed by atoms with Crippen molar-refractivity contribution in [2.75, 3.05) is 6.61 Å². The standard InChI is InChI=1S/C5H14N2O/c1-4(2)8-3-5(6)7/h4-5H,3,6-7H2,1-2H3. The van der Waals surface area contributed by atoms with Crippen LogP contribution in [0.1, 0.15) is 13.8 Å². The normalized spacial score (nSPS) is 11.2. The molecule has 0 aromatic carbocycles. The largest absolute Gasteiger partial charge is 0.376 e. The van der Waals surface area contributed by atoms with E-state index < -0.39 is 0 Å². The maximum absolute atomic E-state index is 5.19. The highest BCUT2D eigenvalue weighted by molar-refractivity contribution is 4.47. The van der Waals surface area contributed by atoms with Crippen LogP contribution >= 0.6 is 0 Å². The first kappa shape index (κ1) is 7.88. The first-order valence-corrected chi connectivity index (χ1v) is 2.75. The van der Waals surface area contributed by atoms with Crippen LogP contribution in [-0.2, 0) is 4.74 Å². The summed E-state index contributed by atoms with van der Waals surface area (Å²) in [7, 11) is 0. The van der Waals surface area contributed by atoms with Gasteiger partial charge in [0.05, 0.1) is 18.9 Å². The predicted molar refractivity (Wildman–Crippen MR) is 33.3 cm³/mol. The molecule has 3 heteroatoms. The van der Waals surface area contributed by atoms with Crippen molar-refractivity contribution >= 4 is 0 Å². The molecule has 0 fully saturated rings. The second-order valence-electron chi connectivity index (χ2n) is 2.05. The molecule has 0 aliphatic heterocycles. The molecule has 0 aliphatic carbocycles. The van der Waals surface area contributed by atoms with E-state index >= 15 is 0 Å². The van der Waals surface area contributed by atoms with E-state index in [0.717, 1.165) is 0 Å². The zero-order chi connectivity index (χ0) is 6.57. The Labute approximate surface area is 50.0 Å². The minimum atomic E-state index is -0.336. The van der Waals surface area contributed by atoms with E-state index in [2.05, 4.69) is 0 Å². The van der Waals surface area contributed by atoms with Crippen molar-refractivity contribution < 1.29 is 4.74 Å². The van der Waals surface area contributed by atoms with E-state index in [1.165, 1.54) is 0 Å². The maximum atomic E-state index is 5.19. The lowest BCUT2D eigenvalue weighted by Crippen LogP contribution is -2.36. The molecule has 0 aliphatic rings. The van der Waals surface area contributed by atoms with E-state index in [1.54, 1.807) is 0 Å². The number of nitrogens with two attached hydrogens (primary N) is 2. The topological polar surface area (TPSA) is 61.3 Å². The van der Waals surface area contributed by atoms with Crippen LogP contribution in [-0.4, -0.2) is 18.9 Å². The van der Waals surface area contributed by atoms with Crippen molar-refractivity contribution in [1.82, 2.24) is 0 Å². The van der Waals surface area contributed by atoms with E-state index in [-0.39, 0.29) is 12.3 Å². The fourth-order valence-corrected chi connectivity index (χ4v) is 0.304. The van der Waals surface area contributed by atoms with Crippen LogP contribution in [0.5, 0.6) is 0 Å². The van der Waals surface area contributed by atoms with Crippen molar-refractivity contribution in [2.24, 2.45) is 11.5 Å². The summed E-state index contributed by atoms with van der Waals surface area (Å²) in [5.74, 6) is 0. The van der Waals surface area contributed by atoms with Crippen molar-refractivity contribution in [3.8, 4) is 0 Å². The van der Waals surface area contributed by atoms with E-state index in [9.17, 15) is 0 Å². The van der Waals surface area contributed by atoms with Gasteiger partial charge in [-0.25, -0.2) is 0 Å². The second-order valence-corrected chi connectivity index (χ2v) is 2.05. The Morgan fingerprint density at radius 3 is 2.00 bits per heavy atom. The zero-order valence-corrected chi connectivity index (χ0v) is 5.42. The van der Waals surface area contributed by atoms with Crippen LogP contribution in [0.15, 0.2) is 0 Å². The predicted octanol–water partition coefficient (Wildman–Crippen LogP) is -0.345. The molecule has 0 heterocycles. The number of hydrogen-bond donors (Lipinski definition) is 2.